The molecule has 28 heavy (non-hydrogen) atoms. The van der Waals surface area contributed by atoms with E-state index in [4.69, 9.17) is 14.2 Å². The maximum Gasteiger partial charge on any atom is 0.256 e. The number of nitrogens with one attached hydrogen (secondary N) is 1. The number of hydrogen-bond acceptors (Lipinski definition) is 11. The van der Waals surface area contributed by atoms with Crippen molar-refractivity contribution in [3.8, 4) is 0 Å². The fraction of sp³-hybridized carbons (Fsp3) is 0.562. The first kappa shape index (κ1) is 19.0. The lowest BCUT2D eigenvalue weighted by Gasteiger charge is -2.30. The Balaban J connectivity index is 1.59. The minimum atomic E-state index is -1.29. The smallest absolute Gasteiger partial charge is 0.256 e. The molecule has 2 aliphatic rings. The number of nitrogens with zero attached hydrogens (tertiary/aromatic N) is 4. The van der Waals surface area contributed by atoms with Crippen LogP contribution in [0.1, 0.15) is 6.23 Å². The van der Waals surface area contributed by atoms with E-state index in [1.807, 2.05) is 0 Å². The highest BCUT2D eigenvalue weighted by Gasteiger charge is 2.44. The summed E-state index contributed by atoms with van der Waals surface area (Å²) < 4.78 is 17.7. The zero-order valence-electron chi connectivity index (χ0n) is 14.9. The average molecular weight is 395 g/mol. The molecule has 1 fully saturated rings. The predicted molar refractivity (Wildman–Crippen MR) is 92.8 cm³/mol. The van der Waals surface area contributed by atoms with Gasteiger partial charge in [-0.3, -0.25) is 4.57 Å². The molecule has 0 spiro atoms. The number of rotatable bonds is 6. The quantitative estimate of drug-likeness (QED) is 0.371. The van der Waals surface area contributed by atoms with Gasteiger partial charge >= 0.3 is 0 Å². The van der Waals surface area contributed by atoms with Gasteiger partial charge in [-0.05, 0) is 6.08 Å². The largest absolute Gasteiger partial charge is 0.465 e. The van der Waals surface area contributed by atoms with Crippen LogP contribution in [0.15, 0.2) is 25.0 Å². The molecule has 0 radical (unpaired) electrons. The number of aromatic nitrogens is 4. The van der Waals surface area contributed by atoms with Crippen LogP contribution in [0.25, 0.3) is 11.2 Å². The molecule has 1 saturated heterocycles. The summed E-state index contributed by atoms with van der Waals surface area (Å²) >= 11 is 0. The highest BCUT2D eigenvalue weighted by Crippen LogP contribution is 2.32. The highest BCUT2D eigenvalue weighted by atomic mass is 16.7. The molecular formula is C16H21N5O7. The maximum absolute atomic E-state index is 10.2. The summed E-state index contributed by atoms with van der Waals surface area (Å²) in [7, 11) is 1.42. The second kappa shape index (κ2) is 7.24. The Bertz CT molecular complexity index is 876. The number of hydrogen-bond donors (Lipinski definition) is 5. The zero-order valence-corrected chi connectivity index (χ0v) is 14.9. The summed E-state index contributed by atoms with van der Waals surface area (Å²) in [5.74, 6) is -0.933. The molecule has 12 heteroatoms. The molecule has 0 aliphatic carbocycles. The summed E-state index contributed by atoms with van der Waals surface area (Å²) in [6, 6.07) is 0. The molecule has 12 nitrogen and oxygen atoms in total. The van der Waals surface area contributed by atoms with Gasteiger partial charge < -0.3 is 40.0 Å². The van der Waals surface area contributed by atoms with Crippen molar-refractivity contribution in [1.29, 1.82) is 0 Å². The van der Waals surface area contributed by atoms with Crippen LogP contribution in [-0.2, 0) is 14.2 Å². The van der Waals surface area contributed by atoms with Crippen molar-refractivity contribution in [3.05, 3.63) is 25.0 Å². The minimum absolute atomic E-state index is 0.0739. The summed E-state index contributed by atoms with van der Waals surface area (Å²) in [5.41, 5.74) is 0.733. The monoisotopic (exact) mass is 395 g/mol. The average Bonchev–Trinajstić information content (AvgIpc) is 3.37. The molecule has 0 saturated carbocycles. The van der Waals surface area contributed by atoms with Gasteiger partial charge in [0.2, 0.25) is 0 Å². The first-order valence-electron chi connectivity index (χ1n) is 8.62. The Morgan fingerprint density at radius 3 is 2.71 bits per heavy atom. The van der Waals surface area contributed by atoms with Gasteiger partial charge in [-0.1, -0.05) is 0 Å². The Morgan fingerprint density at radius 2 is 2.07 bits per heavy atom. The summed E-state index contributed by atoms with van der Waals surface area (Å²) in [4.78, 5) is 12.6. The number of fused-ring (bicyclic) bond motifs is 1. The van der Waals surface area contributed by atoms with Crippen LogP contribution in [0.4, 0.5) is 5.82 Å². The lowest BCUT2D eigenvalue weighted by Crippen LogP contribution is -2.47. The Kier molecular flexibility index (Phi) is 4.91. The molecule has 0 bridgehead atoms. The van der Waals surface area contributed by atoms with Gasteiger partial charge in [0.1, 0.15) is 30.7 Å². The third-order valence-corrected chi connectivity index (χ3v) is 4.98. The van der Waals surface area contributed by atoms with Crippen molar-refractivity contribution in [3.63, 3.8) is 0 Å². The van der Waals surface area contributed by atoms with E-state index in [9.17, 15) is 20.4 Å². The van der Waals surface area contributed by atoms with Gasteiger partial charge in [-0.25, -0.2) is 15.0 Å². The third-order valence-electron chi connectivity index (χ3n) is 4.98. The van der Waals surface area contributed by atoms with Gasteiger partial charge in [0.05, 0.1) is 25.7 Å². The van der Waals surface area contributed by atoms with E-state index in [1.54, 1.807) is 0 Å². The van der Waals surface area contributed by atoms with Crippen LogP contribution in [0.2, 0.25) is 0 Å². The number of aliphatic hydroxyl groups excluding tert-OH is 4. The summed E-state index contributed by atoms with van der Waals surface area (Å²) in [6.45, 7) is -0.358. The second-order valence-corrected chi connectivity index (χ2v) is 6.54. The van der Waals surface area contributed by atoms with Crippen LogP contribution in [-0.4, -0.2) is 90.4 Å². The second-order valence-electron chi connectivity index (χ2n) is 6.54. The van der Waals surface area contributed by atoms with E-state index in [-0.39, 0.29) is 6.54 Å². The van der Waals surface area contributed by atoms with Crippen molar-refractivity contribution in [2.24, 2.45) is 0 Å². The van der Waals surface area contributed by atoms with Gasteiger partial charge in [-0.2, -0.15) is 0 Å². The van der Waals surface area contributed by atoms with Crippen molar-refractivity contribution >= 4 is 17.0 Å². The normalized spacial score (nSPS) is 34.8. The summed E-state index contributed by atoms with van der Waals surface area (Å²) in [6.07, 6.45) is 0.208. The minimum Gasteiger partial charge on any atom is -0.465 e. The number of methoxy groups -OCH3 is 1. The topological polar surface area (TPSA) is 164 Å². The van der Waals surface area contributed by atoms with Crippen LogP contribution in [0, 0.1) is 0 Å². The van der Waals surface area contributed by atoms with Gasteiger partial charge in [0.25, 0.3) is 5.79 Å². The van der Waals surface area contributed by atoms with Crippen molar-refractivity contribution in [2.45, 2.75) is 36.4 Å². The first-order valence-corrected chi connectivity index (χ1v) is 8.62. The molecule has 0 aromatic carbocycles. The Hall–Kier alpha value is -2.35. The molecule has 0 amide bonds. The SMILES string of the molecule is COC1(CNc2ncnc3c2ncn3C2O[C@H](CO)[C@@H](O)[C@@H]2O)OC=CC1O. The number of anilines is 1. The van der Waals surface area contributed by atoms with Gasteiger partial charge in [-0.15, -0.1) is 0 Å². The van der Waals surface area contributed by atoms with Crippen LogP contribution in [0.5, 0.6) is 0 Å². The third kappa shape index (κ3) is 2.90. The molecule has 3 unspecified atom stereocenters. The summed E-state index contributed by atoms with van der Waals surface area (Å²) in [5, 5.41) is 42.6. The van der Waals surface area contributed by atoms with Crippen molar-refractivity contribution in [2.75, 3.05) is 25.6 Å². The molecule has 152 valence electrons. The number of aliphatic hydroxyl groups is 4. The molecule has 6 atom stereocenters. The van der Waals surface area contributed by atoms with Crippen LogP contribution in [0.3, 0.4) is 0 Å². The number of imidazole rings is 1. The van der Waals surface area contributed by atoms with Crippen molar-refractivity contribution in [1.82, 2.24) is 19.5 Å². The molecule has 4 heterocycles. The van der Waals surface area contributed by atoms with E-state index in [0.717, 1.165) is 0 Å². The maximum atomic E-state index is 10.2. The highest BCUT2D eigenvalue weighted by molar-refractivity contribution is 5.82. The Morgan fingerprint density at radius 1 is 1.25 bits per heavy atom. The predicted octanol–water partition coefficient (Wildman–Crippen LogP) is -1.90. The lowest BCUT2D eigenvalue weighted by atomic mass is 10.1. The van der Waals surface area contributed by atoms with E-state index >= 15 is 0 Å². The number of ether oxygens (including phenoxy) is 3. The molecule has 2 aromatic rings. The fourth-order valence-electron chi connectivity index (χ4n) is 3.32. The first-order chi connectivity index (χ1) is 13.5. The van der Waals surface area contributed by atoms with Gasteiger partial charge in [0, 0.05) is 7.11 Å². The van der Waals surface area contributed by atoms with E-state index in [0.29, 0.717) is 17.0 Å². The Labute approximate surface area is 159 Å². The molecule has 2 aromatic heterocycles. The van der Waals surface area contributed by atoms with E-state index in [2.05, 4.69) is 20.3 Å². The fourth-order valence-corrected chi connectivity index (χ4v) is 3.32. The molecular weight excluding hydrogens is 374 g/mol. The standard InChI is InChI=1S/C16H21N5O7/c1-26-16(9(23)2-3-27-16)5-17-13-10-14(19-6-18-13)21(7-20-10)15-12(25)11(24)8(4-22)28-15/h2-3,6-9,11-12,15,22-25H,4-5H2,1H3,(H,17,18,19)/t8-,9?,11-,12+,15?,16?/m1/s1. The zero-order chi connectivity index (χ0) is 19.9. The lowest BCUT2D eigenvalue weighted by molar-refractivity contribution is -0.209. The van der Waals surface area contributed by atoms with E-state index < -0.39 is 43.0 Å². The molecule has 4 rings (SSSR count). The van der Waals surface area contributed by atoms with Crippen LogP contribution < -0.4 is 5.32 Å². The molecule has 2 aliphatic heterocycles. The van der Waals surface area contributed by atoms with E-state index in [1.165, 1.54) is 36.7 Å². The van der Waals surface area contributed by atoms with Gasteiger partial charge in [0.15, 0.2) is 23.2 Å². The molecule has 5 N–H and O–H groups in total. The van der Waals surface area contributed by atoms with Crippen LogP contribution >= 0.6 is 0 Å². The van der Waals surface area contributed by atoms with Crippen molar-refractivity contribution < 1.29 is 34.6 Å².